The summed E-state index contributed by atoms with van der Waals surface area (Å²) in [5, 5.41) is 3.92. The Morgan fingerprint density at radius 1 is 1.23 bits per heavy atom. The third kappa shape index (κ3) is 2.49. The van der Waals surface area contributed by atoms with E-state index in [1.807, 2.05) is 0 Å². The fourth-order valence-corrected chi connectivity index (χ4v) is 3.58. The molecule has 4 rings (SSSR count). The van der Waals surface area contributed by atoms with Crippen molar-refractivity contribution in [2.24, 2.45) is 5.73 Å². The number of nitrogens with two attached hydrogens (primary N) is 1. The Hall–Kier alpha value is -3.03. The first-order valence-electron chi connectivity index (χ1n) is 8.14. The van der Waals surface area contributed by atoms with E-state index in [9.17, 15) is 13.6 Å². The van der Waals surface area contributed by atoms with Crippen molar-refractivity contribution in [2.45, 2.75) is 18.9 Å². The highest BCUT2D eigenvalue weighted by Gasteiger charge is 2.31. The number of aromatic nitrogens is 2. The Morgan fingerprint density at radius 3 is 2.81 bits per heavy atom. The zero-order chi connectivity index (χ0) is 18.4. The summed E-state index contributed by atoms with van der Waals surface area (Å²) in [6.45, 7) is 0.480. The van der Waals surface area contributed by atoms with Gasteiger partial charge in [0.05, 0.1) is 23.5 Å². The van der Waals surface area contributed by atoms with Gasteiger partial charge in [0, 0.05) is 18.3 Å². The van der Waals surface area contributed by atoms with Gasteiger partial charge in [-0.3, -0.25) is 4.79 Å². The molecule has 0 saturated carbocycles. The lowest BCUT2D eigenvalue weighted by atomic mass is 10.0. The van der Waals surface area contributed by atoms with Crippen LogP contribution in [0.25, 0.3) is 5.52 Å². The molecule has 5 nitrogen and oxygen atoms in total. The molecule has 0 spiro atoms. The lowest BCUT2D eigenvalue weighted by Gasteiger charge is -2.28. The summed E-state index contributed by atoms with van der Waals surface area (Å²) in [4.78, 5) is 13.2. The molecule has 1 aromatic carbocycles. The maximum absolute atomic E-state index is 15.2. The van der Waals surface area contributed by atoms with Gasteiger partial charge in [0.15, 0.2) is 5.82 Å². The summed E-state index contributed by atoms with van der Waals surface area (Å²) in [5.41, 5.74) is 5.62. The van der Waals surface area contributed by atoms with E-state index in [0.29, 0.717) is 19.4 Å². The van der Waals surface area contributed by atoms with Crippen LogP contribution in [0.2, 0.25) is 0 Å². The zero-order valence-electron chi connectivity index (χ0n) is 13.6. The van der Waals surface area contributed by atoms with Crippen LogP contribution in [0, 0.1) is 17.5 Å². The maximum Gasteiger partial charge on any atom is 0.252 e. The van der Waals surface area contributed by atoms with Crippen molar-refractivity contribution in [3.05, 3.63) is 65.2 Å². The number of halogens is 3. The third-order valence-corrected chi connectivity index (χ3v) is 4.75. The van der Waals surface area contributed by atoms with Crippen LogP contribution in [-0.2, 0) is 0 Å². The molecule has 2 aromatic heterocycles. The third-order valence-electron chi connectivity index (χ3n) is 4.75. The number of carbonyl (C=O) groups excluding carboxylic acids is 1. The van der Waals surface area contributed by atoms with Crippen LogP contribution in [0.15, 0.2) is 36.7 Å². The number of fused-ring (bicyclic) bond motifs is 1. The molecule has 0 radical (unpaired) electrons. The fourth-order valence-electron chi connectivity index (χ4n) is 3.58. The van der Waals surface area contributed by atoms with E-state index in [4.69, 9.17) is 5.73 Å². The van der Waals surface area contributed by atoms with Crippen LogP contribution in [0.5, 0.6) is 0 Å². The van der Waals surface area contributed by atoms with Crippen LogP contribution in [0.3, 0.4) is 0 Å². The summed E-state index contributed by atoms with van der Waals surface area (Å²) < 4.78 is 44.2. The predicted octanol–water partition coefficient (Wildman–Crippen LogP) is 3.19. The van der Waals surface area contributed by atoms with E-state index in [0.717, 1.165) is 18.2 Å². The average molecular weight is 360 g/mol. The molecule has 1 aliphatic rings. The molecule has 3 heterocycles. The van der Waals surface area contributed by atoms with Crippen LogP contribution < -0.4 is 10.6 Å². The molecule has 1 saturated heterocycles. The van der Waals surface area contributed by atoms with Gasteiger partial charge in [0.2, 0.25) is 0 Å². The Labute approximate surface area is 146 Å². The molecule has 2 N–H and O–H groups in total. The van der Waals surface area contributed by atoms with E-state index in [1.54, 1.807) is 4.90 Å². The molecule has 0 bridgehead atoms. The van der Waals surface area contributed by atoms with Gasteiger partial charge in [-0.15, -0.1) is 0 Å². The standard InChI is InChI=1S/C18H15F3N4O/c19-10-3-4-13(20)11(8-10)14-2-1-6-24(14)15-5-7-25-17(16(15)21)12(9-23-25)18(22)26/h3-5,7-9,14H,1-2,6H2,(H2,22,26). The second-order valence-electron chi connectivity index (χ2n) is 6.25. The van der Waals surface area contributed by atoms with Crippen molar-refractivity contribution in [1.29, 1.82) is 0 Å². The fraction of sp³-hybridized carbons (Fsp3) is 0.222. The van der Waals surface area contributed by atoms with Gasteiger partial charge in [0.25, 0.3) is 5.91 Å². The molecular weight excluding hydrogens is 345 g/mol. The van der Waals surface area contributed by atoms with Gasteiger partial charge >= 0.3 is 0 Å². The first kappa shape index (κ1) is 16.4. The Kier molecular flexibility index (Phi) is 3.82. The Balaban J connectivity index is 1.83. The number of anilines is 1. The smallest absolute Gasteiger partial charge is 0.252 e. The minimum atomic E-state index is -0.787. The minimum absolute atomic E-state index is 0.0274. The second kappa shape index (κ2) is 6.05. The van der Waals surface area contributed by atoms with Crippen molar-refractivity contribution in [3.8, 4) is 0 Å². The lowest BCUT2D eigenvalue weighted by Crippen LogP contribution is -2.25. The minimum Gasteiger partial charge on any atom is -0.365 e. The highest BCUT2D eigenvalue weighted by atomic mass is 19.1. The molecule has 1 aliphatic heterocycles. The number of amides is 1. The Morgan fingerprint density at radius 2 is 2.04 bits per heavy atom. The van der Waals surface area contributed by atoms with Gasteiger partial charge in [0.1, 0.15) is 17.2 Å². The number of benzene rings is 1. The molecule has 1 atom stereocenters. The van der Waals surface area contributed by atoms with Crippen LogP contribution >= 0.6 is 0 Å². The molecule has 1 unspecified atom stereocenters. The van der Waals surface area contributed by atoms with Crippen molar-refractivity contribution in [3.63, 3.8) is 0 Å². The van der Waals surface area contributed by atoms with Crippen LogP contribution in [-0.4, -0.2) is 22.1 Å². The molecule has 8 heteroatoms. The summed E-state index contributed by atoms with van der Waals surface area (Å²) >= 11 is 0. The van der Waals surface area contributed by atoms with Gasteiger partial charge in [-0.25, -0.2) is 17.7 Å². The molecule has 26 heavy (non-hydrogen) atoms. The SMILES string of the molecule is NC(=O)c1cnn2ccc(N3CCCC3c3cc(F)ccc3F)c(F)c12. The molecule has 134 valence electrons. The van der Waals surface area contributed by atoms with Crippen molar-refractivity contribution < 1.29 is 18.0 Å². The lowest BCUT2D eigenvalue weighted by molar-refractivity contribution is 0.100. The van der Waals surface area contributed by atoms with Crippen molar-refractivity contribution in [2.75, 3.05) is 11.4 Å². The zero-order valence-corrected chi connectivity index (χ0v) is 13.6. The number of hydrogen-bond acceptors (Lipinski definition) is 3. The summed E-state index contributed by atoms with van der Waals surface area (Å²) in [6, 6.07) is 4.28. The largest absolute Gasteiger partial charge is 0.365 e. The first-order valence-corrected chi connectivity index (χ1v) is 8.14. The van der Waals surface area contributed by atoms with Crippen LogP contribution in [0.1, 0.15) is 34.8 Å². The van der Waals surface area contributed by atoms with Gasteiger partial charge in [-0.2, -0.15) is 5.10 Å². The molecule has 1 amide bonds. The Bertz CT molecular complexity index is 1020. The number of hydrogen-bond donors (Lipinski definition) is 1. The molecule has 3 aromatic rings. The summed E-state index contributed by atoms with van der Waals surface area (Å²) in [5.74, 6) is -2.53. The number of pyridine rings is 1. The second-order valence-corrected chi connectivity index (χ2v) is 6.25. The van der Waals surface area contributed by atoms with E-state index >= 15 is 4.39 Å². The molecule has 0 aliphatic carbocycles. The highest BCUT2D eigenvalue weighted by Crippen LogP contribution is 2.39. The van der Waals surface area contributed by atoms with Gasteiger partial charge in [-0.05, 0) is 37.1 Å². The van der Waals surface area contributed by atoms with E-state index < -0.39 is 29.4 Å². The topological polar surface area (TPSA) is 63.6 Å². The van der Waals surface area contributed by atoms with Crippen LogP contribution in [0.4, 0.5) is 18.9 Å². The van der Waals surface area contributed by atoms with Gasteiger partial charge in [-0.1, -0.05) is 0 Å². The first-order chi connectivity index (χ1) is 12.5. The van der Waals surface area contributed by atoms with Crippen molar-refractivity contribution >= 4 is 17.1 Å². The number of primary amides is 1. The maximum atomic E-state index is 15.2. The quantitative estimate of drug-likeness (QED) is 0.780. The predicted molar refractivity (Wildman–Crippen MR) is 89.3 cm³/mol. The normalized spacial score (nSPS) is 17.2. The van der Waals surface area contributed by atoms with E-state index in [-0.39, 0.29) is 22.3 Å². The monoisotopic (exact) mass is 360 g/mol. The number of rotatable bonds is 3. The van der Waals surface area contributed by atoms with Gasteiger partial charge < -0.3 is 10.6 Å². The molecule has 1 fully saturated rings. The summed E-state index contributed by atoms with van der Waals surface area (Å²) in [7, 11) is 0. The summed E-state index contributed by atoms with van der Waals surface area (Å²) in [6.07, 6.45) is 3.98. The number of carbonyl (C=O) groups is 1. The average Bonchev–Trinajstić information content (AvgIpc) is 3.24. The van der Waals surface area contributed by atoms with Crippen molar-refractivity contribution in [1.82, 2.24) is 9.61 Å². The molecular formula is C18H15F3N4O. The van der Waals surface area contributed by atoms with E-state index in [2.05, 4.69) is 5.10 Å². The number of nitrogens with zero attached hydrogens (tertiary/aromatic N) is 3. The van der Waals surface area contributed by atoms with E-state index in [1.165, 1.54) is 23.0 Å². The highest BCUT2D eigenvalue weighted by molar-refractivity contribution is 6.00.